The van der Waals surface area contributed by atoms with Crippen LogP contribution in [0.3, 0.4) is 0 Å². The summed E-state index contributed by atoms with van der Waals surface area (Å²) in [5.41, 5.74) is 1.17. The van der Waals surface area contributed by atoms with Crippen molar-refractivity contribution < 1.29 is 4.79 Å². The van der Waals surface area contributed by atoms with Crippen molar-refractivity contribution in [1.82, 2.24) is 10.2 Å². The Morgan fingerprint density at radius 3 is 2.40 bits per heavy atom. The van der Waals surface area contributed by atoms with Crippen molar-refractivity contribution in [2.75, 3.05) is 0 Å². The molecular weight excluding hydrogens is 248 g/mol. The molecule has 1 aliphatic heterocycles. The van der Waals surface area contributed by atoms with Gasteiger partial charge >= 0.3 is 0 Å². The van der Waals surface area contributed by atoms with Crippen molar-refractivity contribution in [1.29, 1.82) is 0 Å². The van der Waals surface area contributed by atoms with E-state index in [1.807, 2.05) is 23.1 Å². The largest absolute Gasteiger partial charge is 0.319 e. The van der Waals surface area contributed by atoms with Crippen LogP contribution in [0, 0.1) is 5.92 Å². The minimum Gasteiger partial charge on any atom is -0.319 e. The third kappa shape index (κ3) is 3.04. The fourth-order valence-electron chi connectivity index (χ4n) is 3.10. The molecule has 1 aromatic rings. The first kappa shape index (κ1) is 15.0. The summed E-state index contributed by atoms with van der Waals surface area (Å²) in [6, 6.07) is 10.5. The lowest BCUT2D eigenvalue weighted by molar-refractivity contribution is -0.132. The summed E-state index contributed by atoms with van der Waals surface area (Å²) in [5, 5.41) is 3.49. The van der Waals surface area contributed by atoms with E-state index in [-0.39, 0.29) is 24.2 Å². The number of rotatable bonds is 5. The molecule has 1 fully saturated rings. The van der Waals surface area contributed by atoms with Gasteiger partial charge in [0.05, 0.1) is 6.04 Å². The van der Waals surface area contributed by atoms with Gasteiger partial charge in [0.15, 0.2) is 0 Å². The molecule has 3 unspecified atom stereocenters. The number of hydrogen-bond donors (Lipinski definition) is 1. The topological polar surface area (TPSA) is 32.3 Å². The van der Waals surface area contributed by atoms with Crippen LogP contribution in [-0.4, -0.2) is 22.9 Å². The van der Waals surface area contributed by atoms with E-state index < -0.39 is 0 Å². The molecule has 3 heteroatoms. The summed E-state index contributed by atoms with van der Waals surface area (Å²) in [5.74, 6) is 0.837. The molecule has 20 heavy (non-hydrogen) atoms. The Hall–Kier alpha value is -1.35. The van der Waals surface area contributed by atoms with Gasteiger partial charge in [-0.1, -0.05) is 51.1 Å². The monoisotopic (exact) mass is 274 g/mol. The van der Waals surface area contributed by atoms with E-state index >= 15 is 0 Å². The van der Waals surface area contributed by atoms with Crippen molar-refractivity contribution in [3.05, 3.63) is 35.9 Å². The number of carbonyl (C=O) groups is 1. The summed E-state index contributed by atoms with van der Waals surface area (Å²) in [7, 11) is 0. The van der Waals surface area contributed by atoms with Gasteiger partial charge in [-0.3, -0.25) is 10.1 Å². The summed E-state index contributed by atoms with van der Waals surface area (Å²) in [4.78, 5) is 14.7. The molecule has 1 aromatic carbocycles. The van der Waals surface area contributed by atoms with Gasteiger partial charge in [-0.05, 0) is 31.2 Å². The molecule has 0 saturated carbocycles. The Morgan fingerprint density at radius 1 is 1.20 bits per heavy atom. The Balaban J connectivity index is 2.26. The predicted molar refractivity (Wildman–Crippen MR) is 82.2 cm³/mol. The maximum Gasteiger partial charge on any atom is 0.241 e. The Morgan fingerprint density at radius 2 is 1.85 bits per heavy atom. The van der Waals surface area contributed by atoms with E-state index in [9.17, 15) is 4.79 Å². The van der Waals surface area contributed by atoms with Crippen LogP contribution >= 0.6 is 0 Å². The molecule has 1 N–H and O–H groups in total. The van der Waals surface area contributed by atoms with Crippen LogP contribution in [0.15, 0.2) is 30.3 Å². The summed E-state index contributed by atoms with van der Waals surface area (Å²) < 4.78 is 0. The van der Waals surface area contributed by atoms with Gasteiger partial charge in [0, 0.05) is 6.04 Å². The van der Waals surface area contributed by atoms with E-state index in [4.69, 9.17) is 0 Å². The normalized spacial score (nSPS) is 24.4. The van der Waals surface area contributed by atoms with Gasteiger partial charge in [-0.2, -0.15) is 0 Å². The second kappa shape index (κ2) is 6.40. The standard InChI is InChI=1S/C17H26N2O/c1-5-15-17(20)19(13(4)11-12(2)3)16(18-15)14-9-7-6-8-10-14/h6-10,12-13,15-16,18H,5,11H2,1-4H3. The van der Waals surface area contributed by atoms with Crippen molar-refractivity contribution in [2.45, 2.75) is 58.8 Å². The minimum atomic E-state index is -0.0465. The average molecular weight is 274 g/mol. The third-order valence-corrected chi connectivity index (χ3v) is 4.00. The predicted octanol–water partition coefficient (Wildman–Crippen LogP) is 3.33. The maximum absolute atomic E-state index is 12.6. The van der Waals surface area contributed by atoms with Gasteiger partial charge in [-0.15, -0.1) is 0 Å². The second-order valence-electron chi connectivity index (χ2n) is 6.16. The number of nitrogens with zero attached hydrogens (tertiary/aromatic N) is 1. The molecule has 0 aliphatic carbocycles. The Labute approximate surface area is 122 Å². The summed E-state index contributed by atoms with van der Waals surface area (Å²) >= 11 is 0. The smallest absolute Gasteiger partial charge is 0.241 e. The highest BCUT2D eigenvalue weighted by Gasteiger charge is 2.40. The number of nitrogens with one attached hydrogen (secondary N) is 1. The van der Waals surface area contributed by atoms with Gasteiger partial charge in [-0.25, -0.2) is 0 Å². The lowest BCUT2D eigenvalue weighted by Crippen LogP contribution is -2.39. The molecular formula is C17H26N2O. The molecule has 0 spiro atoms. The molecule has 1 amide bonds. The number of benzene rings is 1. The molecule has 1 aliphatic rings. The zero-order valence-electron chi connectivity index (χ0n) is 13.0. The molecule has 0 radical (unpaired) electrons. The lowest BCUT2D eigenvalue weighted by Gasteiger charge is -2.31. The summed E-state index contributed by atoms with van der Waals surface area (Å²) in [6.45, 7) is 8.64. The first-order valence-electron chi connectivity index (χ1n) is 7.67. The van der Waals surface area contributed by atoms with E-state index in [0.29, 0.717) is 5.92 Å². The van der Waals surface area contributed by atoms with Gasteiger partial charge in [0.25, 0.3) is 0 Å². The van der Waals surface area contributed by atoms with Crippen LogP contribution in [0.1, 0.15) is 52.3 Å². The molecule has 1 heterocycles. The number of amides is 1. The Kier molecular flexibility index (Phi) is 4.81. The SMILES string of the molecule is CCC1NC(c2ccccc2)N(C(C)CC(C)C)C1=O. The van der Waals surface area contributed by atoms with Crippen molar-refractivity contribution in [3.63, 3.8) is 0 Å². The second-order valence-corrected chi connectivity index (χ2v) is 6.16. The quantitative estimate of drug-likeness (QED) is 0.893. The molecule has 3 nitrogen and oxygen atoms in total. The van der Waals surface area contributed by atoms with Crippen molar-refractivity contribution in [2.24, 2.45) is 5.92 Å². The highest BCUT2D eigenvalue weighted by atomic mass is 16.2. The highest BCUT2D eigenvalue weighted by Crippen LogP contribution is 2.30. The molecule has 2 rings (SSSR count). The minimum absolute atomic E-state index is 0.0161. The maximum atomic E-state index is 12.6. The first-order chi connectivity index (χ1) is 9.54. The van der Waals surface area contributed by atoms with Crippen LogP contribution in [0.5, 0.6) is 0 Å². The van der Waals surface area contributed by atoms with Crippen LogP contribution in [0.4, 0.5) is 0 Å². The van der Waals surface area contributed by atoms with E-state index in [2.05, 4.69) is 45.1 Å². The fourth-order valence-corrected chi connectivity index (χ4v) is 3.10. The van der Waals surface area contributed by atoms with Gasteiger partial charge < -0.3 is 4.90 Å². The van der Waals surface area contributed by atoms with Crippen LogP contribution in [0.2, 0.25) is 0 Å². The van der Waals surface area contributed by atoms with Crippen LogP contribution in [-0.2, 0) is 4.79 Å². The number of carbonyl (C=O) groups excluding carboxylic acids is 1. The van der Waals surface area contributed by atoms with Crippen LogP contribution in [0.25, 0.3) is 0 Å². The zero-order valence-corrected chi connectivity index (χ0v) is 13.0. The highest BCUT2D eigenvalue weighted by molar-refractivity contribution is 5.84. The van der Waals surface area contributed by atoms with E-state index in [1.165, 1.54) is 5.56 Å². The number of hydrogen-bond acceptors (Lipinski definition) is 2. The molecule has 3 atom stereocenters. The molecule has 0 bridgehead atoms. The lowest BCUT2D eigenvalue weighted by atomic mass is 10.0. The summed E-state index contributed by atoms with van der Waals surface area (Å²) in [6.07, 6.45) is 1.89. The van der Waals surface area contributed by atoms with Crippen molar-refractivity contribution >= 4 is 5.91 Å². The van der Waals surface area contributed by atoms with Crippen molar-refractivity contribution in [3.8, 4) is 0 Å². The Bertz CT molecular complexity index is 444. The van der Waals surface area contributed by atoms with Crippen LogP contribution < -0.4 is 5.32 Å². The molecule has 0 aromatic heterocycles. The van der Waals surface area contributed by atoms with Gasteiger partial charge in [0.2, 0.25) is 5.91 Å². The third-order valence-electron chi connectivity index (χ3n) is 4.00. The average Bonchev–Trinajstić information content (AvgIpc) is 2.76. The molecule has 1 saturated heterocycles. The van der Waals surface area contributed by atoms with E-state index in [0.717, 1.165) is 12.8 Å². The molecule has 110 valence electrons. The fraction of sp³-hybridized carbons (Fsp3) is 0.588. The zero-order chi connectivity index (χ0) is 14.7. The van der Waals surface area contributed by atoms with Gasteiger partial charge in [0.1, 0.15) is 6.17 Å². The first-order valence-corrected chi connectivity index (χ1v) is 7.67. The van der Waals surface area contributed by atoms with E-state index in [1.54, 1.807) is 0 Å².